The van der Waals surface area contributed by atoms with Crippen molar-refractivity contribution < 1.29 is 19.1 Å². The zero-order valence-corrected chi connectivity index (χ0v) is 13.9. The molecule has 0 saturated carbocycles. The quantitative estimate of drug-likeness (QED) is 0.609. The van der Waals surface area contributed by atoms with Crippen LogP contribution in [0.3, 0.4) is 0 Å². The Labute approximate surface area is 132 Å². The first-order valence-electron chi connectivity index (χ1n) is 7.48. The summed E-state index contributed by atoms with van der Waals surface area (Å²) in [6, 6.07) is 7.04. The first kappa shape index (κ1) is 18.0. The van der Waals surface area contributed by atoms with E-state index >= 15 is 0 Å². The van der Waals surface area contributed by atoms with E-state index in [0.717, 1.165) is 11.1 Å². The number of carbonyl (C=O) groups excluding carboxylic acids is 2. The fraction of sp³-hybridized carbons (Fsp3) is 0.444. The molecule has 0 N–H and O–H groups in total. The summed E-state index contributed by atoms with van der Waals surface area (Å²) in [4.78, 5) is 23.5. The molecule has 0 spiro atoms. The molecule has 120 valence electrons. The maximum atomic E-state index is 12.0. The van der Waals surface area contributed by atoms with Crippen LogP contribution in [0.5, 0.6) is 0 Å². The summed E-state index contributed by atoms with van der Waals surface area (Å²) in [6.45, 7) is 9.58. The topological polar surface area (TPSA) is 52.6 Å². The van der Waals surface area contributed by atoms with Gasteiger partial charge >= 0.3 is 11.9 Å². The minimum Gasteiger partial charge on any atom is -0.463 e. The second-order valence-electron chi connectivity index (χ2n) is 5.85. The van der Waals surface area contributed by atoms with Crippen molar-refractivity contribution in [3.63, 3.8) is 0 Å². The summed E-state index contributed by atoms with van der Waals surface area (Å²) in [7, 11) is 0. The highest BCUT2D eigenvalue weighted by Crippen LogP contribution is 2.20. The summed E-state index contributed by atoms with van der Waals surface area (Å²) < 4.78 is 10.2. The summed E-state index contributed by atoms with van der Waals surface area (Å²) in [6.07, 6.45) is 2.19. The van der Waals surface area contributed by atoms with Crippen molar-refractivity contribution in [2.45, 2.75) is 46.6 Å². The lowest BCUT2D eigenvalue weighted by atomic mass is 10.0. The third kappa shape index (κ3) is 5.72. The van der Waals surface area contributed by atoms with Crippen LogP contribution in [-0.4, -0.2) is 24.1 Å². The Morgan fingerprint density at radius 3 is 2.05 bits per heavy atom. The van der Waals surface area contributed by atoms with Gasteiger partial charge in [-0.2, -0.15) is 0 Å². The van der Waals surface area contributed by atoms with E-state index in [0.29, 0.717) is 18.6 Å². The predicted octanol–water partition coefficient (Wildman–Crippen LogP) is 4.00. The number of ether oxygens (including phenoxy) is 2. The van der Waals surface area contributed by atoms with Gasteiger partial charge in [0.25, 0.3) is 0 Å². The smallest absolute Gasteiger partial charge is 0.338 e. The Hall–Kier alpha value is -2.10. The van der Waals surface area contributed by atoms with Crippen LogP contribution >= 0.6 is 0 Å². The SMILES string of the molecule is CCOC(=O)C=C(CC)c1ccc(C(=O)OC(C)(C)C)cc1. The van der Waals surface area contributed by atoms with Gasteiger partial charge in [0.15, 0.2) is 0 Å². The molecule has 0 aromatic heterocycles. The summed E-state index contributed by atoms with van der Waals surface area (Å²) in [5, 5.41) is 0. The van der Waals surface area contributed by atoms with Crippen molar-refractivity contribution in [1.82, 2.24) is 0 Å². The van der Waals surface area contributed by atoms with Gasteiger partial charge in [-0.15, -0.1) is 0 Å². The van der Waals surface area contributed by atoms with E-state index in [1.807, 2.05) is 39.8 Å². The second-order valence-corrected chi connectivity index (χ2v) is 5.85. The summed E-state index contributed by atoms with van der Waals surface area (Å²) >= 11 is 0. The highest BCUT2D eigenvalue weighted by molar-refractivity contribution is 5.93. The predicted molar refractivity (Wildman–Crippen MR) is 86.5 cm³/mol. The van der Waals surface area contributed by atoms with Gasteiger partial charge in [-0.05, 0) is 57.4 Å². The molecule has 0 aliphatic heterocycles. The van der Waals surface area contributed by atoms with E-state index in [1.54, 1.807) is 19.1 Å². The van der Waals surface area contributed by atoms with Gasteiger partial charge in [-0.3, -0.25) is 0 Å². The maximum Gasteiger partial charge on any atom is 0.338 e. The van der Waals surface area contributed by atoms with Crippen molar-refractivity contribution in [2.75, 3.05) is 6.61 Å². The lowest BCUT2D eigenvalue weighted by Gasteiger charge is -2.19. The highest BCUT2D eigenvalue weighted by atomic mass is 16.6. The summed E-state index contributed by atoms with van der Waals surface area (Å²) in [5.41, 5.74) is 1.73. The Bertz CT molecular complexity index is 547. The van der Waals surface area contributed by atoms with E-state index in [1.165, 1.54) is 6.08 Å². The minimum atomic E-state index is -0.520. The molecule has 4 heteroatoms. The first-order valence-corrected chi connectivity index (χ1v) is 7.48. The molecule has 4 nitrogen and oxygen atoms in total. The van der Waals surface area contributed by atoms with Gasteiger partial charge < -0.3 is 9.47 Å². The molecule has 0 aliphatic rings. The van der Waals surface area contributed by atoms with Crippen molar-refractivity contribution in [3.05, 3.63) is 41.5 Å². The molecule has 0 heterocycles. The number of carbonyl (C=O) groups is 2. The third-order valence-corrected chi connectivity index (χ3v) is 2.85. The molecule has 1 aromatic rings. The molecule has 0 unspecified atom stereocenters. The van der Waals surface area contributed by atoms with E-state index < -0.39 is 5.60 Å². The van der Waals surface area contributed by atoms with Crippen molar-refractivity contribution in [3.8, 4) is 0 Å². The molecule has 0 saturated heterocycles. The Morgan fingerprint density at radius 1 is 1.05 bits per heavy atom. The average Bonchev–Trinajstić information content (AvgIpc) is 2.43. The zero-order chi connectivity index (χ0) is 16.8. The van der Waals surface area contributed by atoms with Crippen LogP contribution in [0.4, 0.5) is 0 Å². The van der Waals surface area contributed by atoms with Crippen molar-refractivity contribution in [2.24, 2.45) is 0 Å². The van der Waals surface area contributed by atoms with E-state index in [2.05, 4.69) is 0 Å². The molecule has 22 heavy (non-hydrogen) atoms. The maximum absolute atomic E-state index is 12.0. The number of esters is 2. The van der Waals surface area contributed by atoms with Crippen molar-refractivity contribution >= 4 is 17.5 Å². The standard InChI is InChI=1S/C18H24O4/c1-6-13(12-16(19)21-7-2)14-8-10-15(11-9-14)17(20)22-18(3,4)5/h8-12H,6-7H2,1-5H3. The normalized spacial score (nSPS) is 12.0. The number of rotatable bonds is 5. The van der Waals surface area contributed by atoms with Crippen molar-refractivity contribution in [1.29, 1.82) is 0 Å². The molecule has 1 aromatic carbocycles. The van der Waals surface area contributed by atoms with Gasteiger partial charge in [0.05, 0.1) is 12.2 Å². The van der Waals surface area contributed by atoms with Gasteiger partial charge in [0, 0.05) is 6.08 Å². The molecule has 0 aliphatic carbocycles. The molecule has 0 fully saturated rings. The fourth-order valence-corrected chi connectivity index (χ4v) is 1.87. The summed E-state index contributed by atoms with van der Waals surface area (Å²) in [5.74, 6) is -0.706. The number of allylic oxidation sites excluding steroid dienone is 1. The zero-order valence-electron chi connectivity index (χ0n) is 13.9. The first-order chi connectivity index (χ1) is 10.3. The number of hydrogen-bond acceptors (Lipinski definition) is 4. The van der Waals surface area contributed by atoms with Crippen LogP contribution in [0.1, 0.15) is 57.0 Å². The average molecular weight is 304 g/mol. The third-order valence-electron chi connectivity index (χ3n) is 2.85. The van der Waals surface area contributed by atoms with Gasteiger partial charge in [-0.25, -0.2) is 9.59 Å². The highest BCUT2D eigenvalue weighted by Gasteiger charge is 2.17. The molecule has 0 amide bonds. The van der Waals surface area contributed by atoms with E-state index in [4.69, 9.17) is 9.47 Å². The van der Waals surface area contributed by atoms with E-state index in [-0.39, 0.29) is 11.9 Å². The van der Waals surface area contributed by atoms with Crippen LogP contribution < -0.4 is 0 Å². The number of benzene rings is 1. The largest absolute Gasteiger partial charge is 0.463 e. The Kier molecular flexibility index (Phi) is 6.35. The Balaban J connectivity index is 2.91. The molecule has 0 bridgehead atoms. The van der Waals surface area contributed by atoms with Crippen LogP contribution in [0.15, 0.2) is 30.3 Å². The second kappa shape index (κ2) is 7.78. The molecule has 0 radical (unpaired) electrons. The molecular weight excluding hydrogens is 280 g/mol. The Morgan fingerprint density at radius 2 is 1.59 bits per heavy atom. The number of hydrogen-bond donors (Lipinski definition) is 0. The van der Waals surface area contributed by atoms with Gasteiger partial charge in [-0.1, -0.05) is 19.1 Å². The van der Waals surface area contributed by atoms with E-state index in [9.17, 15) is 9.59 Å². The minimum absolute atomic E-state index is 0.351. The van der Waals surface area contributed by atoms with Crippen LogP contribution in [0.25, 0.3) is 5.57 Å². The van der Waals surface area contributed by atoms with Crippen LogP contribution in [0, 0.1) is 0 Å². The monoisotopic (exact) mass is 304 g/mol. The van der Waals surface area contributed by atoms with Gasteiger partial charge in [0.2, 0.25) is 0 Å². The lowest BCUT2D eigenvalue weighted by molar-refractivity contribution is -0.137. The molecular formula is C18H24O4. The lowest BCUT2D eigenvalue weighted by Crippen LogP contribution is -2.23. The van der Waals surface area contributed by atoms with Crippen LogP contribution in [-0.2, 0) is 14.3 Å². The van der Waals surface area contributed by atoms with Crippen LogP contribution in [0.2, 0.25) is 0 Å². The molecule has 0 atom stereocenters. The molecule has 1 rings (SSSR count). The van der Waals surface area contributed by atoms with Gasteiger partial charge in [0.1, 0.15) is 5.60 Å². The fourth-order valence-electron chi connectivity index (χ4n) is 1.87.